The molecule has 6 nitrogen and oxygen atoms in total. The van der Waals surface area contributed by atoms with Crippen molar-refractivity contribution in [3.63, 3.8) is 0 Å². The highest BCUT2D eigenvalue weighted by Crippen LogP contribution is 2.30. The molecule has 2 unspecified atom stereocenters. The van der Waals surface area contributed by atoms with Gasteiger partial charge in [0, 0.05) is 12.6 Å². The summed E-state index contributed by atoms with van der Waals surface area (Å²) in [7, 11) is -3.62. The SMILES string of the molecule is CCOC(=O)CS(=O)(=O)N(CC)C1CCCC1CN. The average molecular weight is 292 g/mol. The molecule has 0 spiro atoms. The maximum Gasteiger partial charge on any atom is 0.322 e. The molecule has 0 amide bonds. The molecule has 19 heavy (non-hydrogen) atoms. The zero-order valence-electron chi connectivity index (χ0n) is 11.7. The van der Waals surface area contributed by atoms with Gasteiger partial charge in [0.1, 0.15) is 0 Å². The summed E-state index contributed by atoms with van der Waals surface area (Å²) in [5, 5.41) is 0. The number of hydrogen-bond donors (Lipinski definition) is 1. The van der Waals surface area contributed by atoms with Crippen LogP contribution in [0, 0.1) is 5.92 Å². The van der Waals surface area contributed by atoms with E-state index in [4.69, 9.17) is 10.5 Å². The van der Waals surface area contributed by atoms with Crippen molar-refractivity contribution >= 4 is 16.0 Å². The lowest BCUT2D eigenvalue weighted by Gasteiger charge is -2.30. The minimum atomic E-state index is -3.62. The Morgan fingerprint density at radius 1 is 1.37 bits per heavy atom. The first-order valence-electron chi connectivity index (χ1n) is 6.81. The molecule has 0 aliphatic heterocycles. The molecule has 2 N–H and O–H groups in total. The zero-order chi connectivity index (χ0) is 14.5. The van der Waals surface area contributed by atoms with Gasteiger partial charge in [-0.2, -0.15) is 4.31 Å². The van der Waals surface area contributed by atoms with Crippen LogP contribution in [0.2, 0.25) is 0 Å². The minimum absolute atomic E-state index is 0.0746. The molecule has 7 heteroatoms. The highest BCUT2D eigenvalue weighted by atomic mass is 32.2. The highest BCUT2D eigenvalue weighted by Gasteiger charge is 2.37. The molecule has 1 aliphatic rings. The number of ether oxygens (including phenoxy) is 1. The van der Waals surface area contributed by atoms with E-state index in [-0.39, 0.29) is 18.6 Å². The predicted molar refractivity (Wildman–Crippen MR) is 73.0 cm³/mol. The molecule has 2 atom stereocenters. The lowest BCUT2D eigenvalue weighted by molar-refractivity contribution is -0.140. The Morgan fingerprint density at radius 3 is 2.58 bits per heavy atom. The smallest absolute Gasteiger partial charge is 0.322 e. The number of carbonyl (C=O) groups excluding carboxylic acids is 1. The molecule has 0 radical (unpaired) electrons. The Morgan fingerprint density at radius 2 is 2.05 bits per heavy atom. The Kier molecular flexibility index (Phi) is 6.22. The van der Waals surface area contributed by atoms with Gasteiger partial charge in [-0.25, -0.2) is 8.42 Å². The van der Waals surface area contributed by atoms with E-state index in [0.29, 0.717) is 13.1 Å². The highest BCUT2D eigenvalue weighted by molar-refractivity contribution is 7.89. The van der Waals surface area contributed by atoms with Crippen LogP contribution in [0.25, 0.3) is 0 Å². The summed E-state index contributed by atoms with van der Waals surface area (Å²) in [5.74, 6) is -1.08. The van der Waals surface area contributed by atoms with E-state index in [2.05, 4.69) is 0 Å². The fourth-order valence-electron chi connectivity index (χ4n) is 2.74. The summed E-state index contributed by atoms with van der Waals surface area (Å²) in [4.78, 5) is 11.4. The molecule has 0 saturated heterocycles. The molecular formula is C12H24N2O4S. The van der Waals surface area contributed by atoms with E-state index in [9.17, 15) is 13.2 Å². The van der Waals surface area contributed by atoms with Crippen molar-refractivity contribution in [1.29, 1.82) is 0 Å². The number of esters is 1. The van der Waals surface area contributed by atoms with Crippen LogP contribution in [-0.2, 0) is 19.6 Å². The molecule has 1 aliphatic carbocycles. The van der Waals surface area contributed by atoms with Crippen LogP contribution < -0.4 is 5.73 Å². The third kappa shape index (κ3) is 4.15. The van der Waals surface area contributed by atoms with Crippen molar-refractivity contribution in [2.45, 2.75) is 39.2 Å². The average Bonchev–Trinajstić information content (AvgIpc) is 2.77. The van der Waals surface area contributed by atoms with Gasteiger partial charge < -0.3 is 10.5 Å². The van der Waals surface area contributed by atoms with E-state index in [0.717, 1.165) is 19.3 Å². The minimum Gasteiger partial charge on any atom is -0.465 e. The summed E-state index contributed by atoms with van der Waals surface area (Å²) >= 11 is 0. The molecule has 0 aromatic carbocycles. The summed E-state index contributed by atoms with van der Waals surface area (Å²) in [6, 6.07) is -0.0746. The fourth-order valence-corrected chi connectivity index (χ4v) is 4.37. The molecule has 1 rings (SSSR count). The third-order valence-corrected chi connectivity index (χ3v) is 5.41. The largest absolute Gasteiger partial charge is 0.465 e. The molecule has 0 heterocycles. The Hall–Kier alpha value is -0.660. The van der Waals surface area contributed by atoms with Gasteiger partial charge in [0.2, 0.25) is 10.0 Å². The van der Waals surface area contributed by atoms with Crippen LogP contribution in [0.1, 0.15) is 33.1 Å². The Labute approximate surface area is 115 Å². The first kappa shape index (κ1) is 16.4. The van der Waals surface area contributed by atoms with Crippen molar-refractivity contribution in [1.82, 2.24) is 4.31 Å². The Bertz CT molecular complexity index is 397. The first-order valence-corrected chi connectivity index (χ1v) is 8.42. The topological polar surface area (TPSA) is 89.7 Å². The number of rotatable bonds is 7. The maximum atomic E-state index is 12.3. The van der Waals surface area contributed by atoms with Gasteiger partial charge in [0.05, 0.1) is 6.61 Å². The number of nitrogens with two attached hydrogens (primary N) is 1. The quantitative estimate of drug-likeness (QED) is 0.683. The second-order valence-corrected chi connectivity index (χ2v) is 6.68. The van der Waals surface area contributed by atoms with Crippen LogP contribution in [0.3, 0.4) is 0 Å². The molecule has 0 bridgehead atoms. The number of carbonyl (C=O) groups is 1. The van der Waals surface area contributed by atoms with Crippen LogP contribution in [0.5, 0.6) is 0 Å². The summed E-state index contributed by atoms with van der Waals surface area (Å²) in [5.41, 5.74) is 5.70. The molecule has 0 aromatic heterocycles. The van der Waals surface area contributed by atoms with Crippen LogP contribution in [-0.4, -0.2) is 50.2 Å². The van der Waals surface area contributed by atoms with Crippen molar-refractivity contribution in [3.05, 3.63) is 0 Å². The van der Waals surface area contributed by atoms with E-state index < -0.39 is 21.7 Å². The number of hydrogen-bond acceptors (Lipinski definition) is 5. The molecule has 112 valence electrons. The van der Waals surface area contributed by atoms with E-state index >= 15 is 0 Å². The first-order chi connectivity index (χ1) is 8.96. The van der Waals surface area contributed by atoms with Gasteiger partial charge in [-0.1, -0.05) is 13.3 Å². The number of sulfonamides is 1. The van der Waals surface area contributed by atoms with Crippen molar-refractivity contribution < 1.29 is 17.9 Å². The lowest BCUT2D eigenvalue weighted by atomic mass is 10.0. The van der Waals surface area contributed by atoms with Gasteiger partial charge in [-0.15, -0.1) is 0 Å². The monoisotopic (exact) mass is 292 g/mol. The van der Waals surface area contributed by atoms with Gasteiger partial charge in [0.15, 0.2) is 5.75 Å². The standard InChI is InChI=1S/C12H24N2O4S/c1-3-14(11-7-5-6-10(11)8-13)19(16,17)9-12(15)18-4-2/h10-11H,3-9,13H2,1-2H3. The van der Waals surface area contributed by atoms with E-state index in [1.807, 2.05) is 0 Å². The van der Waals surface area contributed by atoms with Gasteiger partial charge in [-0.05, 0) is 32.2 Å². The van der Waals surface area contributed by atoms with Crippen LogP contribution in [0.15, 0.2) is 0 Å². The summed E-state index contributed by atoms with van der Waals surface area (Å²) in [6.07, 6.45) is 2.75. The number of nitrogens with zero attached hydrogens (tertiary/aromatic N) is 1. The molecule has 1 saturated carbocycles. The maximum absolute atomic E-state index is 12.3. The fraction of sp³-hybridized carbons (Fsp3) is 0.917. The summed E-state index contributed by atoms with van der Waals surface area (Å²) in [6.45, 7) is 4.48. The van der Waals surface area contributed by atoms with Crippen molar-refractivity contribution in [2.75, 3.05) is 25.4 Å². The van der Waals surface area contributed by atoms with Gasteiger partial charge >= 0.3 is 5.97 Å². The van der Waals surface area contributed by atoms with Crippen molar-refractivity contribution in [2.24, 2.45) is 11.7 Å². The molecule has 0 aromatic rings. The molecular weight excluding hydrogens is 268 g/mol. The predicted octanol–water partition coefficient (Wildman–Crippen LogP) is 0.329. The van der Waals surface area contributed by atoms with Crippen LogP contribution >= 0.6 is 0 Å². The van der Waals surface area contributed by atoms with E-state index in [1.165, 1.54) is 4.31 Å². The third-order valence-electron chi connectivity index (χ3n) is 3.57. The Balaban J connectivity index is 2.80. The van der Waals surface area contributed by atoms with Gasteiger partial charge in [-0.3, -0.25) is 4.79 Å². The normalized spacial score (nSPS) is 23.8. The van der Waals surface area contributed by atoms with Crippen LogP contribution in [0.4, 0.5) is 0 Å². The van der Waals surface area contributed by atoms with Crippen molar-refractivity contribution in [3.8, 4) is 0 Å². The second kappa shape index (κ2) is 7.21. The van der Waals surface area contributed by atoms with Gasteiger partial charge in [0.25, 0.3) is 0 Å². The summed E-state index contributed by atoms with van der Waals surface area (Å²) < 4.78 is 30.7. The lowest BCUT2D eigenvalue weighted by Crippen LogP contribution is -2.46. The second-order valence-electron chi connectivity index (χ2n) is 4.76. The van der Waals surface area contributed by atoms with E-state index in [1.54, 1.807) is 13.8 Å². The zero-order valence-corrected chi connectivity index (χ0v) is 12.5. The molecule has 1 fully saturated rings.